The first-order chi connectivity index (χ1) is 10.2. The lowest BCUT2D eigenvalue weighted by atomic mass is 10.3. The monoisotopic (exact) mass is 309 g/mol. The van der Waals surface area contributed by atoms with E-state index in [1.54, 1.807) is 30.5 Å². The summed E-state index contributed by atoms with van der Waals surface area (Å²) in [4.78, 5) is 4.73. The van der Waals surface area contributed by atoms with Crippen molar-refractivity contribution in [3.05, 3.63) is 42.6 Å². The minimum absolute atomic E-state index is 0.521. The molecule has 0 fully saturated rings. The fourth-order valence-corrected chi connectivity index (χ4v) is 2.38. The normalized spacial score (nSPS) is 10.7. The molecule has 0 aliphatic heterocycles. The molecule has 0 spiro atoms. The van der Waals surface area contributed by atoms with Crippen molar-refractivity contribution in [1.82, 2.24) is 4.98 Å². The van der Waals surface area contributed by atoms with Gasteiger partial charge in [-0.25, -0.2) is 4.98 Å². The standard InChI is InChI=1S/C15H17F2N3S/c1-2-8-18-14-10-11(7-9-19-14)20-12-5-3-4-6-13(12)21-15(16)17/h3-7,9-10,15H,2,8H2,1H3,(H2,18,19,20). The van der Waals surface area contributed by atoms with Gasteiger partial charge in [-0.3, -0.25) is 0 Å². The van der Waals surface area contributed by atoms with Crippen LogP contribution in [0.25, 0.3) is 0 Å². The first kappa shape index (κ1) is 15.6. The third-order valence-corrected chi connectivity index (χ3v) is 3.49. The van der Waals surface area contributed by atoms with Crippen molar-refractivity contribution < 1.29 is 8.78 Å². The molecule has 1 aromatic heterocycles. The van der Waals surface area contributed by atoms with Crippen LogP contribution in [0.1, 0.15) is 13.3 Å². The van der Waals surface area contributed by atoms with Crippen molar-refractivity contribution in [2.75, 3.05) is 17.2 Å². The molecule has 0 aliphatic carbocycles. The van der Waals surface area contributed by atoms with Gasteiger partial charge in [-0.1, -0.05) is 30.8 Å². The van der Waals surface area contributed by atoms with Gasteiger partial charge in [-0.05, 0) is 24.6 Å². The molecule has 2 aromatic rings. The van der Waals surface area contributed by atoms with Crippen LogP contribution in [-0.4, -0.2) is 17.3 Å². The summed E-state index contributed by atoms with van der Waals surface area (Å²) >= 11 is 0.535. The second-order valence-corrected chi connectivity index (χ2v) is 5.39. The molecule has 6 heteroatoms. The molecule has 1 aromatic carbocycles. The van der Waals surface area contributed by atoms with Crippen molar-refractivity contribution >= 4 is 29.0 Å². The zero-order valence-electron chi connectivity index (χ0n) is 11.6. The van der Waals surface area contributed by atoms with Gasteiger partial charge in [0.05, 0.1) is 5.69 Å². The third kappa shape index (κ3) is 4.90. The highest BCUT2D eigenvalue weighted by molar-refractivity contribution is 7.99. The van der Waals surface area contributed by atoms with E-state index in [0.717, 1.165) is 24.5 Å². The lowest BCUT2D eigenvalue weighted by Crippen LogP contribution is -2.02. The smallest absolute Gasteiger partial charge is 0.288 e. The maximum atomic E-state index is 12.6. The first-order valence-electron chi connectivity index (χ1n) is 6.70. The molecule has 0 unspecified atom stereocenters. The number of pyridine rings is 1. The Hall–Kier alpha value is -1.82. The van der Waals surface area contributed by atoms with Gasteiger partial charge in [0, 0.05) is 29.4 Å². The van der Waals surface area contributed by atoms with Gasteiger partial charge in [-0.15, -0.1) is 0 Å². The van der Waals surface area contributed by atoms with E-state index in [1.807, 2.05) is 12.1 Å². The largest absolute Gasteiger partial charge is 0.370 e. The molecular formula is C15H17F2N3S. The Balaban J connectivity index is 2.14. The summed E-state index contributed by atoms with van der Waals surface area (Å²) in [7, 11) is 0. The van der Waals surface area contributed by atoms with E-state index in [4.69, 9.17) is 0 Å². The second kappa shape index (κ2) is 7.83. The zero-order chi connectivity index (χ0) is 15.1. The quantitative estimate of drug-likeness (QED) is 0.709. The molecule has 112 valence electrons. The number of nitrogens with zero attached hydrogens (tertiary/aromatic N) is 1. The van der Waals surface area contributed by atoms with E-state index < -0.39 is 5.76 Å². The number of aromatic nitrogens is 1. The Labute approximate surface area is 127 Å². The van der Waals surface area contributed by atoms with E-state index in [1.165, 1.54) is 0 Å². The minimum atomic E-state index is -2.44. The van der Waals surface area contributed by atoms with Crippen molar-refractivity contribution in [2.24, 2.45) is 0 Å². The molecule has 0 saturated heterocycles. The van der Waals surface area contributed by atoms with Crippen molar-refractivity contribution in [3.8, 4) is 0 Å². The van der Waals surface area contributed by atoms with Gasteiger partial charge in [0.15, 0.2) is 0 Å². The number of halogens is 2. The summed E-state index contributed by atoms with van der Waals surface area (Å²) < 4.78 is 25.1. The second-order valence-electron chi connectivity index (χ2n) is 4.36. The third-order valence-electron chi connectivity index (χ3n) is 2.70. The van der Waals surface area contributed by atoms with Gasteiger partial charge in [0.1, 0.15) is 5.82 Å². The predicted octanol–water partition coefficient (Wildman–Crippen LogP) is 4.96. The maximum Gasteiger partial charge on any atom is 0.288 e. The van der Waals surface area contributed by atoms with E-state index in [9.17, 15) is 8.78 Å². The van der Waals surface area contributed by atoms with Crippen LogP contribution in [-0.2, 0) is 0 Å². The highest BCUT2D eigenvalue weighted by Crippen LogP contribution is 2.33. The lowest BCUT2D eigenvalue weighted by molar-refractivity contribution is 0.252. The molecule has 2 rings (SSSR count). The van der Waals surface area contributed by atoms with E-state index >= 15 is 0 Å². The summed E-state index contributed by atoms with van der Waals surface area (Å²) in [5.41, 5.74) is 1.47. The molecule has 21 heavy (non-hydrogen) atoms. The number of para-hydroxylation sites is 1. The molecule has 1 heterocycles. The number of hydrogen-bond acceptors (Lipinski definition) is 4. The summed E-state index contributed by atoms with van der Waals surface area (Å²) in [5.74, 6) is -1.67. The number of anilines is 3. The SMILES string of the molecule is CCCNc1cc(Nc2ccccc2SC(F)F)ccn1. The first-order valence-corrected chi connectivity index (χ1v) is 7.58. The van der Waals surface area contributed by atoms with Crippen LogP contribution in [0.5, 0.6) is 0 Å². The summed E-state index contributed by atoms with van der Waals surface area (Å²) in [6.45, 7) is 2.92. The molecule has 0 aliphatic rings. The molecule has 0 saturated carbocycles. The van der Waals surface area contributed by atoms with E-state index in [2.05, 4.69) is 22.5 Å². The molecule has 0 bridgehead atoms. The molecule has 2 N–H and O–H groups in total. The van der Waals surface area contributed by atoms with Crippen molar-refractivity contribution in [1.29, 1.82) is 0 Å². The van der Waals surface area contributed by atoms with E-state index in [-0.39, 0.29) is 0 Å². The Morgan fingerprint density at radius 2 is 2.05 bits per heavy atom. The number of alkyl halides is 2. The van der Waals surface area contributed by atoms with Crippen LogP contribution < -0.4 is 10.6 Å². The Bertz CT molecular complexity index is 578. The van der Waals surface area contributed by atoms with Crippen molar-refractivity contribution in [3.63, 3.8) is 0 Å². The average Bonchev–Trinajstić information content (AvgIpc) is 2.47. The van der Waals surface area contributed by atoms with Crippen LogP contribution in [0, 0.1) is 0 Å². The van der Waals surface area contributed by atoms with Gasteiger partial charge in [0.25, 0.3) is 5.76 Å². The topological polar surface area (TPSA) is 37.0 Å². The van der Waals surface area contributed by atoms with Gasteiger partial charge < -0.3 is 10.6 Å². The van der Waals surface area contributed by atoms with Crippen LogP contribution in [0.4, 0.5) is 26.0 Å². The van der Waals surface area contributed by atoms with Crippen molar-refractivity contribution in [2.45, 2.75) is 24.0 Å². The number of thioether (sulfide) groups is 1. The Morgan fingerprint density at radius 1 is 1.24 bits per heavy atom. The highest BCUT2D eigenvalue weighted by Gasteiger charge is 2.09. The fourth-order valence-electron chi connectivity index (χ4n) is 1.78. The average molecular weight is 309 g/mol. The van der Waals surface area contributed by atoms with Crippen LogP contribution >= 0.6 is 11.8 Å². The highest BCUT2D eigenvalue weighted by atomic mass is 32.2. The van der Waals surface area contributed by atoms with Crippen LogP contribution in [0.2, 0.25) is 0 Å². The van der Waals surface area contributed by atoms with Crippen LogP contribution in [0.3, 0.4) is 0 Å². The number of hydrogen-bond donors (Lipinski definition) is 2. The van der Waals surface area contributed by atoms with E-state index in [0.29, 0.717) is 22.3 Å². The fraction of sp³-hybridized carbons (Fsp3) is 0.267. The van der Waals surface area contributed by atoms with Gasteiger partial charge in [-0.2, -0.15) is 8.78 Å². The lowest BCUT2D eigenvalue weighted by Gasteiger charge is -2.12. The molecule has 3 nitrogen and oxygen atoms in total. The van der Waals surface area contributed by atoms with Gasteiger partial charge in [0.2, 0.25) is 0 Å². The molecule has 0 amide bonds. The Kier molecular flexibility index (Phi) is 5.80. The molecule has 0 radical (unpaired) electrons. The molecular weight excluding hydrogens is 292 g/mol. The Morgan fingerprint density at radius 3 is 2.81 bits per heavy atom. The zero-order valence-corrected chi connectivity index (χ0v) is 12.5. The van der Waals surface area contributed by atoms with Gasteiger partial charge >= 0.3 is 0 Å². The number of nitrogens with one attached hydrogen (secondary N) is 2. The summed E-state index contributed by atoms with van der Waals surface area (Å²) in [5, 5.41) is 6.35. The number of rotatable bonds is 7. The summed E-state index contributed by atoms with van der Waals surface area (Å²) in [6.07, 6.45) is 2.69. The summed E-state index contributed by atoms with van der Waals surface area (Å²) in [6, 6.07) is 10.7. The minimum Gasteiger partial charge on any atom is -0.370 e. The van der Waals surface area contributed by atoms with Crippen LogP contribution in [0.15, 0.2) is 47.5 Å². The molecule has 0 atom stereocenters. The number of benzene rings is 1. The predicted molar refractivity (Wildman–Crippen MR) is 84.6 cm³/mol. The maximum absolute atomic E-state index is 12.6.